The first-order valence-electron chi connectivity index (χ1n) is 2.22. The van der Waals surface area contributed by atoms with E-state index in [4.69, 9.17) is 16.9 Å². The maximum Gasteiger partial charge on any atom is 0.0668 e. The monoisotopic (exact) mass is 117 g/mol. The Kier molecular flexibility index (Phi) is 2.78. The lowest BCUT2D eigenvalue weighted by molar-refractivity contribution is 0.722. The molecule has 0 saturated heterocycles. The summed E-state index contributed by atoms with van der Waals surface area (Å²) in [5, 5.41) is 8.15. The minimum absolute atomic E-state index is 0.0231. The lowest BCUT2D eigenvalue weighted by Crippen LogP contribution is -2.02. The molecular formula is C5H8ClN. The van der Waals surface area contributed by atoms with E-state index in [9.17, 15) is 0 Å². The number of nitrogens with zero attached hydrogens (tertiary/aromatic N) is 1. The van der Waals surface area contributed by atoms with E-state index in [0.29, 0.717) is 0 Å². The van der Waals surface area contributed by atoms with E-state index < -0.39 is 0 Å². The molecule has 0 fully saturated rings. The van der Waals surface area contributed by atoms with Crippen molar-refractivity contribution in [2.24, 2.45) is 5.92 Å². The molecule has 0 aliphatic heterocycles. The van der Waals surface area contributed by atoms with Gasteiger partial charge in [0.2, 0.25) is 0 Å². The summed E-state index contributed by atoms with van der Waals surface area (Å²) in [6, 6.07) is 2.03. The zero-order chi connectivity index (χ0) is 5.86. The Morgan fingerprint density at radius 3 is 2.00 bits per heavy atom. The van der Waals surface area contributed by atoms with E-state index in [0.717, 1.165) is 0 Å². The van der Waals surface area contributed by atoms with Crippen LogP contribution >= 0.6 is 11.6 Å². The highest BCUT2D eigenvalue weighted by atomic mass is 35.5. The van der Waals surface area contributed by atoms with Gasteiger partial charge in [-0.25, -0.2) is 0 Å². The standard InChI is InChI=1S/C5H8ClN/c1-4(3-7)5(2)6/h4-5H,1-2H3/t4?,5-/m1/s1. The van der Waals surface area contributed by atoms with Gasteiger partial charge in [0.25, 0.3) is 0 Å². The van der Waals surface area contributed by atoms with Gasteiger partial charge in [0.05, 0.1) is 12.0 Å². The minimum atomic E-state index is -0.0262. The Morgan fingerprint density at radius 2 is 2.00 bits per heavy atom. The molecule has 7 heavy (non-hydrogen) atoms. The van der Waals surface area contributed by atoms with Crippen LogP contribution in [0.5, 0.6) is 0 Å². The molecule has 0 saturated carbocycles. The van der Waals surface area contributed by atoms with Gasteiger partial charge >= 0.3 is 0 Å². The predicted octanol–water partition coefficient (Wildman–Crippen LogP) is 1.77. The number of nitriles is 1. The summed E-state index contributed by atoms with van der Waals surface area (Å²) in [5.41, 5.74) is 0. The maximum atomic E-state index is 8.17. The Hall–Kier alpha value is -0.220. The second kappa shape index (κ2) is 2.87. The molecule has 0 aromatic carbocycles. The fourth-order valence-electron chi connectivity index (χ4n) is 0.103. The van der Waals surface area contributed by atoms with Crippen LogP contribution in [0.2, 0.25) is 0 Å². The van der Waals surface area contributed by atoms with E-state index in [2.05, 4.69) is 0 Å². The highest BCUT2D eigenvalue weighted by Gasteiger charge is 2.04. The number of hydrogen-bond acceptors (Lipinski definition) is 1. The third-order valence-electron chi connectivity index (χ3n) is 0.893. The molecule has 0 spiro atoms. The van der Waals surface area contributed by atoms with Gasteiger partial charge in [0.1, 0.15) is 0 Å². The van der Waals surface area contributed by atoms with Gasteiger partial charge < -0.3 is 0 Å². The van der Waals surface area contributed by atoms with Crippen molar-refractivity contribution in [3.63, 3.8) is 0 Å². The van der Waals surface area contributed by atoms with Crippen molar-refractivity contribution in [3.8, 4) is 6.07 Å². The average Bonchev–Trinajstić information content (AvgIpc) is 1.65. The number of halogens is 1. The maximum absolute atomic E-state index is 8.17. The molecule has 2 atom stereocenters. The third-order valence-corrected chi connectivity index (χ3v) is 1.27. The van der Waals surface area contributed by atoms with E-state index in [-0.39, 0.29) is 11.3 Å². The van der Waals surface area contributed by atoms with Crippen molar-refractivity contribution in [1.82, 2.24) is 0 Å². The van der Waals surface area contributed by atoms with Crippen molar-refractivity contribution < 1.29 is 0 Å². The van der Waals surface area contributed by atoms with Crippen LogP contribution in [-0.2, 0) is 0 Å². The first-order chi connectivity index (χ1) is 3.18. The Labute approximate surface area is 48.9 Å². The van der Waals surface area contributed by atoms with E-state index in [1.54, 1.807) is 6.92 Å². The summed E-state index contributed by atoms with van der Waals surface area (Å²) in [6.07, 6.45) is 0. The van der Waals surface area contributed by atoms with Gasteiger partial charge in [0, 0.05) is 5.38 Å². The molecule has 0 aromatic rings. The third kappa shape index (κ3) is 2.47. The zero-order valence-corrected chi connectivity index (χ0v) is 5.24. The lowest BCUT2D eigenvalue weighted by atomic mass is 10.1. The van der Waals surface area contributed by atoms with Gasteiger partial charge in [0.15, 0.2) is 0 Å². The first kappa shape index (κ1) is 6.78. The average molecular weight is 118 g/mol. The molecule has 0 aromatic heterocycles. The molecule has 0 amide bonds. The molecule has 0 aliphatic rings. The second-order valence-electron chi connectivity index (χ2n) is 1.60. The highest BCUT2D eigenvalue weighted by molar-refractivity contribution is 6.20. The van der Waals surface area contributed by atoms with Crippen LogP contribution in [0.1, 0.15) is 13.8 Å². The topological polar surface area (TPSA) is 23.8 Å². The summed E-state index contributed by atoms with van der Waals surface area (Å²) in [5.74, 6) is -0.0262. The number of hydrogen-bond donors (Lipinski definition) is 0. The Morgan fingerprint density at radius 1 is 1.57 bits per heavy atom. The normalized spacial score (nSPS) is 17.4. The van der Waals surface area contributed by atoms with Crippen molar-refractivity contribution in [2.75, 3.05) is 0 Å². The van der Waals surface area contributed by atoms with Crippen LogP contribution < -0.4 is 0 Å². The highest BCUT2D eigenvalue weighted by Crippen LogP contribution is 2.06. The SMILES string of the molecule is CC(C#N)[C@@H](C)Cl. The first-order valence-corrected chi connectivity index (χ1v) is 2.65. The molecule has 0 aliphatic carbocycles. The van der Waals surface area contributed by atoms with E-state index in [1.165, 1.54) is 0 Å². The van der Waals surface area contributed by atoms with Gasteiger partial charge in [-0.15, -0.1) is 11.6 Å². The molecule has 0 radical (unpaired) electrons. The van der Waals surface area contributed by atoms with Crippen LogP contribution in [0, 0.1) is 17.2 Å². The predicted molar refractivity (Wildman–Crippen MR) is 30.1 cm³/mol. The summed E-state index contributed by atoms with van der Waals surface area (Å²) in [7, 11) is 0. The van der Waals surface area contributed by atoms with Crippen molar-refractivity contribution >= 4 is 11.6 Å². The number of alkyl halides is 1. The van der Waals surface area contributed by atoms with Crippen LogP contribution in [-0.4, -0.2) is 5.38 Å². The Balaban J connectivity index is 3.40. The summed E-state index contributed by atoms with van der Waals surface area (Å²) >= 11 is 5.51. The summed E-state index contributed by atoms with van der Waals surface area (Å²) < 4.78 is 0. The zero-order valence-electron chi connectivity index (χ0n) is 4.48. The molecular weight excluding hydrogens is 110 g/mol. The fourth-order valence-corrected chi connectivity index (χ4v) is 0.159. The molecule has 40 valence electrons. The number of rotatable bonds is 1. The van der Waals surface area contributed by atoms with E-state index in [1.807, 2.05) is 13.0 Å². The molecule has 1 nitrogen and oxygen atoms in total. The molecule has 1 unspecified atom stereocenters. The second-order valence-corrected chi connectivity index (χ2v) is 2.28. The molecule has 2 heteroatoms. The van der Waals surface area contributed by atoms with Gasteiger partial charge in [-0.2, -0.15) is 5.26 Å². The lowest BCUT2D eigenvalue weighted by Gasteiger charge is -1.99. The van der Waals surface area contributed by atoms with Gasteiger partial charge in [-0.1, -0.05) is 0 Å². The molecule has 0 rings (SSSR count). The molecule has 0 N–H and O–H groups in total. The quantitative estimate of drug-likeness (QED) is 0.481. The van der Waals surface area contributed by atoms with Crippen LogP contribution in [0.4, 0.5) is 0 Å². The minimum Gasteiger partial charge on any atom is -0.198 e. The largest absolute Gasteiger partial charge is 0.198 e. The van der Waals surface area contributed by atoms with E-state index >= 15 is 0 Å². The summed E-state index contributed by atoms with van der Waals surface area (Å²) in [4.78, 5) is 0. The van der Waals surface area contributed by atoms with Crippen LogP contribution in [0.3, 0.4) is 0 Å². The van der Waals surface area contributed by atoms with Crippen molar-refractivity contribution in [2.45, 2.75) is 19.2 Å². The molecule has 0 heterocycles. The van der Waals surface area contributed by atoms with Gasteiger partial charge in [-0.05, 0) is 13.8 Å². The molecule has 0 bridgehead atoms. The van der Waals surface area contributed by atoms with Crippen molar-refractivity contribution in [1.29, 1.82) is 5.26 Å². The smallest absolute Gasteiger partial charge is 0.0668 e. The van der Waals surface area contributed by atoms with Crippen molar-refractivity contribution in [3.05, 3.63) is 0 Å². The summed E-state index contributed by atoms with van der Waals surface area (Å²) in [6.45, 7) is 3.62. The van der Waals surface area contributed by atoms with Crippen LogP contribution in [0.15, 0.2) is 0 Å². The Bertz CT molecular complexity index is 82.6. The van der Waals surface area contributed by atoms with Crippen LogP contribution in [0.25, 0.3) is 0 Å². The van der Waals surface area contributed by atoms with Gasteiger partial charge in [-0.3, -0.25) is 0 Å². The fraction of sp³-hybridized carbons (Fsp3) is 0.800.